The van der Waals surface area contributed by atoms with Gasteiger partial charge in [0.2, 0.25) is 0 Å². The van der Waals surface area contributed by atoms with Gasteiger partial charge in [-0.1, -0.05) is 38.4 Å². The number of aliphatic carboxylic acids is 1. The fourth-order valence-electron chi connectivity index (χ4n) is 5.86. The molecule has 0 aliphatic heterocycles. The monoisotopic (exact) mass is 556 g/mol. The van der Waals surface area contributed by atoms with E-state index < -0.39 is 5.97 Å². The number of hydrogen-bond acceptors (Lipinski definition) is 5. The van der Waals surface area contributed by atoms with Crippen molar-refractivity contribution in [2.24, 2.45) is 23.7 Å². The van der Waals surface area contributed by atoms with Crippen LogP contribution in [0.25, 0.3) is 11.0 Å². The van der Waals surface area contributed by atoms with E-state index >= 15 is 0 Å². The summed E-state index contributed by atoms with van der Waals surface area (Å²) in [6, 6.07) is 7.83. The van der Waals surface area contributed by atoms with E-state index in [-0.39, 0.29) is 13.0 Å². The van der Waals surface area contributed by atoms with Gasteiger partial charge in [0, 0.05) is 25.3 Å². The van der Waals surface area contributed by atoms with Crippen LogP contribution >= 0.6 is 11.6 Å². The lowest BCUT2D eigenvalue weighted by atomic mass is 9.97. The zero-order chi connectivity index (χ0) is 28.3. The molecule has 2 aromatic carbocycles. The van der Waals surface area contributed by atoms with Crippen molar-refractivity contribution in [3.8, 4) is 11.5 Å². The average molecular weight is 557 g/mol. The number of carboxylic acid groups (broad SMARTS) is 1. The van der Waals surface area contributed by atoms with Crippen LogP contribution in [0.3, 0.4) is 0 Å². The Morgan fingerprint density at radius 1 is 1.08 bits per heavy atom. The summed E-state index contributed by atoms with van der Waals surface area (Å²) in [5, 5.41) is 10.5. The first-order valence-corrected chi connectivity index (χ1v) is 14.3. The third-order valence-corrected chi connectivity index (χ3v) is 8.91. The lowest BCUT2D eigenvalue weighted by molar-refractivity contribution is -0.136. The number of rotatable bonds is 14. The molecule has 0 saturated heterocycles. The Morgan fingerprint density at radius 2 is 1.82 bits per heavy atom. The second-order valence-corrected chi connectivity index (χ2v) is 11.5. The number of fused-ring (bicyclic) bond motifs is 1. The summed E-state index contributed by atoms with van der Waals surface area (Å²) in [5.41, 5.74) is 4.53. The molecule has 0 amide bonds. The molecule has 1 aromatic heterocycles. The number of carbonyl (C=O) groups is 1. The Morgan fingerprint density at radius 3 is 2.49 bits per heavy atom. The summed E-state index contributed by atoms with van der Waals surface area (Å²) in [4.78, 5) is 11.0. The van der Waals surface area contributed by atoms with Gasteiger partial charge in [-0.25, -0.2) is 0 Å². The highest BCUT2D eigenvalue weighted by atomic mass is 35.5. The molecule has 0 spiro atoms. The molecule has 1 saturated carbocycles. The van der Waals surface area contributed by atoms with Crippen LogP contribution in [0.2, 0.25) is 5.02 Å². The first kappa shape index (κ1) is 29.3. The van der Waals surface area contributed by atoms with Crippen molar-refractivity contribution in [3.05, 3.63) is 57.3 Å². The summed E-state index contributed by atoms with van der Waals surface area (Å²) in [6.07, 6.45) is 2.55. The molecule has 1 heterocycles. The maximum atomic E-state index is 11.0. The third-order valence-electron chi connectivity index (χ3n) is 8.63. The summed E-state index contributed by atoms with van der Waals surface area (Å²) in [5.74, 6) is 4.50. The number of carboxylic acids is 1. The van der Waals surface area contributed by atoms with Crippen molar-refractivity contribution in [1.82, 2.24) is 0 Å². The van der Waals surface area contributed by atoms with Gasteiger partial charge in [-0.05, 0) is 85.3 Å². The van der Waals surface area contributed by atoms with Gasteiger partial charge in [-0.2, -0.15) is 0 Å². The molecule has 4 rings (SSSR count). The summed E-state index contributed by atoms with van der Waals surface area (Å²) < 4.78 is 24.0. The fourth-order valence-corrected chi connectivity index (χ4v) is 6.14. The zero-order valence-electron chi connectivity index (χ0n) is 23.9. The minimum absolute atomic E-state index is 0.0987. The predicted molar refractivity (Wildman–Crippen MR) is 154 cm³/mol. The standard InChI is InChI=1S/C32H41ClO6/c1-18(30-21(4)22(30)5)7-10-25-15-24-16-27(33)32(37-14-13-36-6)26(31(24)39-25)17-38-28-11-8-23(9-12-29(34)35)19(2)20(28)3/h8,11,15-16,18,21-22,30H,7,9-10,12-14,17H2,1-6H3,(H,34,35). The minimum Gasteiger partial charge on any atom is -0.489 e. The SMILES string of the molecule is COCCOc1c(Cl)cc2cc(CCC(C)C3C(C)C3C)oc2c1COc1ccc(CCC(=O)O)c(C)c1C. The number of halogens is 1. The molecule has 3 aromatic rings. The highest BCUT2D eigenvalue weighted by Gasteiger charge is 2.45. The van der Waals surface area contributed by atoms with Crippen LogP contribution in [-0.4, -0.2) is 31.4 Å². The third kappa shape index (κ3) is 6.72. The Bertz CT molecular complexity index is 1300. The number of benzene rings is 2. The Kier molecular flexibility index (Phi) is 9.50. The topological polar surface area (TPSA) is 78.1 Å². The highest BCUT2D eigenvalue weighted by molar-refractivity contribution is 6.33. The first-order chi connectivity index (χ1) is 18.6. The lowest BCUT2D eigenvalue weighted by Gasteiger charge is -2.17. The van der Waals surface area contributed by atoms with Gasteiger partial charge in [0.05, 0.1) is 17.2 Å². The van der Waals surface area contributed by atoms with E-state index in [1.54, 1.807) is 7.11 Å². The molecule has 0 radical (unpaired) electrons. The smallest absolute Gasteiger partial charge is 0.303 e. The number of ether oxygens (including phenoxy) is 3. The Labute approximate surface area is 236 Å². The zero-order valence-corrected chi connectivity index (χ0v) is 24.7. The predicted octanol–water partition coefficient (Wildman–Crippen LogP) is 7.80. The largest absolute Gasteiger partial charge is 0.489 e. The van der Waals surface area contributed by atoms with E-state index in [2.05, 4.69) is 26.8 Å². The number of hydrogen-bond donors (Lipinski definition) is 1. The van der Waals surface area contributed by atoms with Crippen LogP contribution in [0, 0.1) is 37.5 Å². The maximum Gasteiger partial charge on any atom is 0.303 e. The molecule has 1 N–H and O–H groups in total. The summed E-state index contributed by atoms with van der Waals surface area (Å²) in [6.45, 7) is 12.0. The van der Waals surface area contributed by atoms with Gasteiger partial charge in [0.15, 0.2) is 0 Å². The quantitative estimate of drug-likeness (QED) is 0.204. The van der Waals surface area contributed by atoms with Crippen LogP contribution in [-0.2, 0) is 29.0 Å². The van der Waals surface area contributed by atoms with Gasteiger partial charge in [-0.15, -0.1) is 0 Å². The average Bonchev–Trinajstić information content (AvgIpc) is 3.29. The number of furan rings is 1. The molecule has 3 atom stereocenters. The van der Waals surface area contributed by atoms with Crippen molar-refractivity contribution >= 4 is 28.5 Å². The Balaban J connectivity index is 1.58. The van der Waals surface area contributed by atoms with E-state index in [9.17, 15) is 4.79 Å². The van der Waals surface area contributed by atoms with Crippen LogP contribution in [0.4, 0.5) is 0 Å². The summed E-state index contributed by atoms with van der Waals surface area (Å²) >= 11 is 6.71. The van der Waals surface area contributed by atoms with Gasteiger partial charge >= 0.3 is 5.97 Å². The second kappa shape index (κ2) is 12.6. The van der Waals surface area contributed by atoms with E-state index in [0.717, 1.165) is 75.3 Å². The Hall–Kier alpha value is -2.70. The van der Waals surface area contributed by atoms with Crippen molar-refractivity contribution < 1.29 is 28.5 Å². The van der Waals surface area contributed by atoms with E-state index in [1.807, 2.05) is 32.0 Å². The van der Waals surface area contributed by atoms with Gasteiger partial charge in [-0.3, -0.25) is 4.79 Å². The maximum absolute atomic E-state index is 11.0. The van der Waals surface area contributed by atoms with Crippen LogP contribution in [0.15, 0.2) is 28.7 Å². The normalized spacial score (nSPS) is 19.3. The van der Waals surface area contributed by atoms with Crippen LogP contribution in [0.1, 0.15) is 61.6 Å². The highest BCUT2D eigenvalue weighted by Crippen LogP contribution is 2.51. The molecular weight excluding hydrogens is 516 g/mol. The van der Waals surface area contributed by atoms with E-state index in [0.29, 0.717) is 36.3 Å². The van der Waals surface area contributed by atoms with Crippen molar-refractivity contribution in [1.29, 1.82) is 0 Å². The molecule has 1 aliphatic rings. The molecule has 7 heteroatoms. The molecule has 212 valence electrons. The molecule has 1 fully saturated rings. The molecule has 6 nitrogen and oxygen atoms in total. The van der Waals surface area contributed by atoms with Crippen LogP contribution < -0.4 is 9.47 Å². The first-order valence-electron chi connectivity index (χ1n) is 13.9. The van der Waals surface area contributed by atoms with Crippen molar-refractivity contribution in [3.63, 3.8) is 0 Å². The molecule has 3 unspecified atom stereocenters. The van der Waals surface area contributed by atoms with Crippen LogP contribution in [0.5, 0.6) is 11.5 Å². The van der Waals surface area contributed by atoms with Gasteiger partial charge in [0.25, 0.3) is 0 Å². The number of methoxy groups -OCH3 is 1. The fraction of sp³-hybridized carbons (Fsp3) is 0.531. The second-order valence-electron chi connectivity index (χ2n) is 11.1. The summed E-state index contributed by atoms with van der Waals surface area (Å²) in [7, 11) is 1.63. The minimum atomic E-state index is -0.803. The molecule has 39 heavy (non-hydrogen) atoms. The molecular formula is C32H41ClO6. The van der Waals surface area contributed by atoms with Gasteiger partial charge in [0.1, 0.15) is 36.1 Å². The van der Waals surface area contributed by atoms with E-state index in [1.165, 1.54) is 0 Å². The molecule has 1 aliphatic carbocycles. The number of aryl methyl sites for hydroxylation is 2. The van der Waals surface area contributed by atoms with Crippen molar-refractivity contribution in [2.45, 2.75) is 66.9 Å². The lowest BCUT2D eigenvalue weighted by Crippen LogP contribution is -2.08. The molecule has 0 bridgehead atoms. The van der Waals surface area contributed by atoms with E-state index in [4.69, 9.17) is 35.3 Å². The van der Waals surface area contributed by atoms with Crippen molar-refractivity contribution in [2.75, 3.05) is 20.3 Å². The van der Waals surface area contributed by atoms with Gasteiger partial charge < -0.3 is 23.7 Å².